The molecule has 0 aromatic heterocycles. The topological polar surface area (TPSA) is 314 Å². The minimum Gasteiger partial charge on any atom is -0.508 e. The van der Waals surface area contributed by atoms with Crippen molar-refractivity contribution in [1.29, 1.82) is 0 Å². The minimum absolute atomic E-state index is 0.0159. The first-order valence-electron chi connectivity index (χ1n) is 22.5. The van der Waals surface area contributed by atoms with E-state index in [-0.39, 0.29) is 75.0 Å². The van der Waals surface area contributed by atoms with Crippen LogP contribution in [0.15, 0.2) is 53.5 Å². The third-order valence-electron chi connectivity index (χ3n) is 12.0. The zero-order chi connectivity index (χ0) is 48.2. The van der Waals surface area contributed by atoms with Crippen LogP contribution < -0.4 is 43.8 Å². The zero-order valence-electron chi connectivity index (χ0n) is 38.3. The number of guanidine groups is 1. The fourth-order valence-corrected chi connectivity index (χ4v) is 7.38. The number of aromatic hydroxyl groups is 2. The van der Waals surface area contributed by atoms with E-state index in [4.69, 9.17) is 17.2 Å². The number of nitrogens with zero attached hydrogens (tertiary/aromatic N) is 2. The van der Waals surface area contributed by atoms with Gasteiger partial charge in [-0.3, -0.25) is 38.6 Å². The molecular formula is C46H70N10O9. The van der Waals surface area contributed by atoms with Gasteiger partial charge in [0.2, 0.25) is 35.3 Å². The number of nitrogens with one attached hydrogen (secondary N) is 5. The van der Waals surface area contributed by atoms with Crippen LogP contribution in [0.5, 0.6) is 11.5 Å². The molecule has 1 unspecified atom stereocenters. The summed E-state index contributed by atoms with van der Waals surface area (Å²) >= 11 is 0. The first-order valence-corrected chi connectivity index (χ1v) is 22.5. The van der Waals surface area contributed by atoms with E-state index >= 15 is 0 Å². The number of nitrogens with two attached hydrogens (primary N) is 3. The maximum atomic E-state index is 14.8. The fraction of sp³-hybridized carbons (Fsp3) is 0.565. The average molecular weight is 907 g/mol. The predicted octanol–water partition coefficient (Wildman–Crippen LogP) is 0.772. The molecule has 19 nitrogen and oxygen atoms in total. The number of aryl methyl sites for hydroxylation is 2. The summed E-state index contributed by atoms with van der Waals surface area (Å²) in [6.45, 7) is 7.62. The SMILES string of the molecule is CC[C@H](C)[C@@H]1NC(=O)C(CCc2ccc(O)cc2)N(C)C(=O)[C@H](CCc2ccc(O)cc2)NC(=O)[C@H]([C@@H](C)CC)NC(=O)[C@H](NC(=O)C(=O)[C@@H](N)CCCN=C(N)N)CCCCNC1=O. The van der Waals surface area contributed by atoms with Crippen LogP contribution in [-0.4, -0.2) is 119 Å². The minimum atomic E-state index is -1.29. The lowest BCUT2D eigenvalue weighted by atomic mass is 9.95. The maximum Gasteiger partial charge on any atom is 0.289 e. The number of carbonyl (C=O) groups excluding carboxylic acids is 7. The highest BCUT2D eigenvalue weighted by molar-refractivity contribution is 6.38. The van der Waals surface area contributed by atoms with Crippen molar-refractivity contribution in [2.45, 2.75) is 135 Å². The molecule has 6 amide bonds. The van der Waals surface area contributed by atoms with Crippen LogP contribution in [0, 0.1) is 11.8 Å². The van der Waals surface area contributed by atoms with Crippen molar-refractivity contribution < 1.29 is 43.8 Å². The van der Waals surface area contributed by atoms with Crippen LogP contribution in [0.2, 0.25) is 0 Å². The Morgan fingerprint density at radius 1 is 0.785 bits per heavy atom. The molecule has 1 saturated heterocycles. The van der Waals surface area contributed by atoms with Gasteiger partial charge < -0.3 is 58.9 Å². The molecule has 1 aliphatic heterocycles. The van der Waals surface area contributed by atoms with Crippen molar-refractivity contribution in [3.8, 4) is 11.5 Å². The van der Waals surface area contributed by atoms with Crippen LogP contribution in [0.4, 0.5) is 0 Å². The van der Waals surface area contributed by atoms with Crippen LogP contribution in [0.3, 0.4) is 0 Å². The van der Waals surface area contributed by atoms with E-state index in [1.54, 1.807) is 31.2 Å². The summed E-state index contributed by atoms with van der Waals surface area (Å²) in [5.74, 6) is -5.95. The predicted molar refractivity (Wildman–Crippen MR) is 246 cm³/mol. The van der Waals surface area contributed by atoms with Gasteiger partial charge in [0.1, 0.15) is 41.7 Å². The molecule has 2 aromatic carbocycles. The van der Waals surface area contributed by atoms with Gasteiger partial charge in [0.25, 0.3) is 5.91 Å². The maximum absolute atomic E-state index is 14.8. The molecule has 1 fully saturated rings. The van der Waals surface area contributed by atoms with Gasteiger partial charge in [0, 0.05) is 20.1 Å². The Bertz CT molecular complexity index is 1940. The summed E-state index contributed by atoms with van der Waals surface area (Å²) in [7, 11) is 1.46. The van der Waals surface area contributed by atoms with Crippen LogP contribution in [-0.2, 0) is 46.4 Å². The van der Waals surface area contributed by atoms with Crippen molar-refractivity contribution in [3.05, 3.63) is 59.7 Å². The van der Waals surface area contributed by atoms with Crippen molar-refractivity contribution >= 4 is 47.2 Å². The molecule has 0 aliphatic carbocycles. The smallest absolute Gasteiger partial charge is 0.289 e. The van der Waals surface area contributed by atoms with Gasteiger partial charge in [-0.2, -0.15) is 0 Å². The first kappa shape index (κ1) is 53.1. The number of hydrogen-bond acceptors (Lipinski definition) is 11. The van der Waals surface area contributed by atoms with Gasteiger partial charge in [-0.05, 0) is 105 Å². The Balaban J connectivity index is 2.06. The third kappa shape index (κ3) is 17.0. The number of phenolic OH excluding ortho intramolecular Hbond substituents is 2. The summed E-state index contributed by atoms with van der Waals surface area (Å²) in [4.78, 5) is 103. The monoisotopic (exact) mass is 907 g/mol. The number of amides is 6. The number of aliphatic imine (C=N–C) groups is 1. The van der Waals surface area contributed by atoms with E-state index in [2.05, 4.69) is 31.6 Å². The van der Waals surface area contributed by atoms with Gasteiger partial charge in [-0.15, -0.1) is 0 Å². The van der Waals surface area contributed by atoms with Crippen molar-refractivity contribution in [2.24, 2.45) is 34.0 Å². The van der Waals surface area contributed by atoms with Crippen LogP contribution >= 0.6 is 0 Å². The molecule has 0 spiro atoms. The first-order chi connectivity index (χ1) is 30.9. The van der Waals surface area contributed by atoms with E-state index in [1.807, 2.05) is 20.8 Å². The number of benzene rings is 2. The highest BCUT2D eigenvalue weighted by atomic mass is 16.3. The lowest BCUT2D eigenvalue weighted by Gasteiger charge is -2.34. The molecule has 0 bridgehead atoms. The number of hydrogen-bond donors (Lipinski definition) is 10. The van der Waals surface area contributed by atoms with Gasteiger partial charge in [-0.25, -0.2) is 0 Å². The number of phenols is 2. The van der Waals surface area contributed by atoms with E-state index in [9.17, 15) is 43.8 Å². The summed E-state index contributed by atoms with van der Waals surface area (Å²) in [5.41, 5.74) is 18.3. The fourth-order valence-electron chi connectivity index (χ4n) is 7.38. The molecular weight excluding hydrogens is 837 g/mol. The molecule has 0 radical (unpaired) electrons. The van der Waals surface area contributed by atoms with Crippen molar-refractivity contribution in [2.75, 3.05) is 20.1 Å². The number of rotatable bonds is 17. The van der Waals surface area contributed by atoms with Gasteiger partial charge in [-0.1, -0.05) is 64.8 Å². The Hall–Kier alpha value is -6.24. The second-order valence-corrected chi connectivity index (χ2v) is 16.9. The Kier molecular flexibility index (Phi) is 21.7. The number of likely N-dealkylation sites (N-methyl/N-ethyl adjacent to an activating group) is 1. The second-order valence-electron chi connectivity index (χ2n) is 16.9. The quantitative estimate of drug-likeness (QED) is 0.0456. The highest BCUT2D eigenvalue weighted by Gasteiger charge is 2.38. The molecule has 8 atom stereocenters. The second kappa shape index (κ2) is 26.5. The Morgan fingerprint density at radius 3 is 1.88 bits per heavy atom. The average Bonchev–Trinajstić information content (AvgIpc) is 3.28. The Labute approximate surface area is 381 Å². The van der Waals surface area contributed by atoms with Crippen LogP contribution in [0.1, 0.15) is 96.6 Å². The molecule has 0 saturated carbocycles. The lowest BCUT2D eigenvalue weighted by Crippen LogP contribution is -2.61. The molecule has 1 aliphatic rings. The number of carbonyl (C=O) groups is 7. The molecule has 3 rings (SSSR count). The summed E-state index contributed by atoms with van der Waals surface area (Å²) in [6.07, 6.45) is 2.77. The zero-order valence-corrected chi connectivity index (χ0v) is 38.3. The van der Waals surface area contributed by atoms with Gasteiger partial charge in [0.15, 0.2) is 5.96 Å². The van der Waals surface area contributed by atoms with Crippen molar-refractivity contribution in [1.82, 2.24) is 31.5 Å². The molecule has 2 aromatic rings. The summed E-state index contributed by atoms with van der Waals surface area (Å²) in [5, 5.41) is 33.7. The van der Waals surface area contributed by atoms with E-state index in [1.165, 1.54) is 36.2 Å². The van der Waals surface area contributed by atoms with E-state index in [0.717, 1.165) is 11.1 Å². The molecule has 13 N–H and O–H groups in total. The highest BCUT2D eigenvalue weighted by Crippen LogP contribution is 2.19. The van der Waals surface area contributed by atoms with Gasteiger partial charge >= 0.3 is 0 Å². The van der Waals surface area contributed by atoms with Crippen molar-refractivity contribution in [3.63, 3.8) is 0 Å². The third-order valence-corrected chi connectivity index (χ3v) is 12.0. The number of ketones is 1. The Morgan fingerprint density at radius 2 is 1.32 bits per heavy atom. The van der Waals surface area contributed by atoms with Crippen LogP contribution in [0.25, 0.3) is 0 Å². The van der Waals surface area contributed by atoms with E-state index < -0.39 is 83.4 Å². The summed E-state index contributed by atoms with van der Waals surface area (Å²) < 4.78 is 0. The normalized spacial score (nSPS) is 22.0. The lowest BCUT2D eigenvalue weighted by molar-refractivity contribution is -0.143. The molecule has 65 heavy (non-hydrogen) atoms. The molecule has 358 valence electrons. The summed E-state index contributed by atoms with van der Waals surface area (Å²) in [6, 6.07) is 5.79. The molecule has 19 heteroatoms. The van der Waals surface area contributed by atoms with Gasteiger partial charge in [0.05, 0.1) is 6.04 Å². The largest absolute Gasteiger partial charge is 0.508 e. The number of Topliss-reactive ketones (excluding diaryl/α,β-unsaturated/α-hetero) is 1. The van der Waals surface area contributed by atoms with E-state index in [0.29, 0.717) is 32.1 Å². The standard InChI is InChI=1S/C46H70N10O9/c1-6-27(3)37-42(62)50-25-9-8-12-34(52-44(64)39(59)33(47)11-10-26-51-46(48)49)40(60)54-38(28(4)7-2)43(63)53-35(23-17-29-13-19-31(57)20-14-29)45(65)56(5)36(41(61)55-37)24-18-30-15-21-32(58)22-16-30/h13-16,19-22,27-28,33-38,57-58H,6-12,17-18,23-26,47H2,1-5H3,(H,50,62)(H,52,64)(H,53,63)(H,54,60)(H,55,61)(H4,48,49,51)/t27-,28-,33-,34+,35-,36?,37-,38-/m0/s1. The molecule has 1 heterocycles.